The van der Waals surface area contributed by atoms with Crippen molar-refractivity contribution < 1.29 is 24.5 Å². The highest BCUT2D eigenvalue weighted by Gasteiger charge is 2.25. The van der Waals surface area contributed by atoms with Crippen LogP contribution in [0.3, 0.4) is 0 Å². The summed E-state index contributed by atoms with van der Waals surface area (Å²) in [5.74, 6) is -2.40. The van der Waals surface area contributed by atoms with Crippen molar-refractivity contribution in [3.8, 4) is 0 Å². The Labute approximate surface area is 106 Å². The molecule has 0 aliphatic carbocycles. The van der Waals surface area contributed by atoms with Gasteiger partial charge in [-0.05, 0) is 12.5 Å². The Bertz CT molecular complexity index is 410. The highest BCUT2D eigenvalue weighted by molar-refractivity contribution is 9.09. The Balaban J connectivity index is 3.13. The van der Waals surface area contributed by atoms with Crippen LogP contribution in [0.2, 0.25) is 0 Å². The molecule has 0 saturated carbocycles. The van der Waals surface area contributed by atoms with Crippen LogP contribution in [0.25, 0.3) is 0 Å². The van der Waals surface area contributed by atoms with Crippen molar-refractivity contribution in [2.24, 2.45) is 0 Å². The Morgan fingerprint density at radius 1 is 1.41 bits per heavy atom. The molecule has 4 nitrogen and oxygen atoms in total. The number of hydrogen-bond donors (Lipinski definition) is 3. The standard InChI is InChI=1S/C11H12BrFO4/c12-5-4-8(14)10(15)6-2-1-3-7(13)9(6)11(16)17/h1-3,8,10,14-15H,4-5H2,(H,16,17). The average Bonchev–Trinajstić information content (AvgIpc) is 2.27. The molecule has 0 fully saturated rings. The van der Waals surface area contributed by atoms with Gasteiger partial charge in [-0.15, -0.1) is 0 Å². The minimum absolute atomic E-state index is 0.119. The molecule has 0 radical (unpaired) electrons. The van der Waals surface area contributed by atoms with Crippen LogP contribution in [0.15, 0.2) is 18.2 Å². The smallest absolute Gasteiger partial charge is 0.339 e. The SMILES string of the molecule is O=C(O)c1c(F)cccc1C(O)C(O)CCBr. The van der Waals surface area contributed by atoms with E-state index in [0.717, 1.165) is 6.07 Å². The zero-order chi connectivity index (χ0) is 13.0. The molecular formula is C11H12BrFO4. The van der Waals surface area contributed by atoms with Crippen molar-refractivity contribution in [3.05, 3.63) is 35.1 Å². The molecule has 17 heavy (non-hydrogen) atoms. The Hall–Kier alpha value is -0.980. The number of rotatable bonds is 5. The van der Waals surface area contributed by atoms with E-state index in [0.29, 0.717) is 5.33 Å². The van der Waals surface area contributed by atoms with E-state index in [2.05, 4.69) is 15.9 Å². The van der Waals surface area contributed by atoms with Crippen LogP contribution in [0, 0.1) is 5.82 Å². The first-order chi connectivity index (χ1) is 7.99. The third kappa shape index (κ3) is 3.24. The molecule has 0 aliphatic heterocycles. The molecule has 2 unspecified atom stereocenters. The van der Waals surface area contributed by atoms with Crippen molar-refractivity contribution >= 4 is 21.9 Å². The maximum Gasteiger partial charge on any atom is 0.339 e. The van der Waals surface area contributed by atoms with Crippen LogP contribution in [-0.4, -0.2) is 32.7 Å². The Kier molecular flexibility index (Phi) is 5.04. The topological polar surface area (TPSA) is 77.8 Å². The number of alkyl halides is 1. The average molecular weight is 307 g/mol. The van der Waals surface area contributed by atoms with E-state index in [1.807, 2.05) is 0 Å². The molecule has 0 spiro atoms. The second kappa shape index (κ2) is 6.09. The molecule has 0 aromatic heterocycles. The fourth-order valence-electron chi connectivity index (χ4n) is 1.49. The van der Waals surface area contributed by atoms with Crippen LogP contribution < -0.4 is 0 Å². The third-order valence-electron chi connectivity index (χ3n) is 2.35. The Morgan fingerprint density at radius 3 is 2.59 bits per heavy atom. The lowest BCUT2D eigenvalue weighted by Crippen LogP contribution is -2.21. The maximum absolute atomic E-state index is 13.3. The van der Waals surface area contributed by atoms with Gasteiger partial charge in [0, 0.05) is 10.9 Å². The first-order valence-electron chi connectivity index (χ1n) is 4.92. The van der Waals surface area contributed by atoms with E-state index >= 15 is 0 Å². The molecule has 0 heterocycles. The van der Waals surface area contributed by atoms with Gasteiger partial charge in [0.05, 0.1) is 6.10 Å². The first kappa shape index (κ1) is 14.1. The zero-order valence-corrected chi connectivity index (χ0v) is 10.4. The normalized spacial score (nSPS) is 14.4. The number of carboxylic acid groups (broad SMARTS) is 1. The van der Waals surface area contributed by atoms with Crippen LogP contribution in [0.5, 0.6) is 0 Å². The Morgan fingerprint density at radius 2 is 2.06 bits per heavy atom. The number of aliphatic hydroxyl groups is 2. The van der Waals surface area contributed by atoms with Crippen molar-refractivity contribution in [1.82, 2.24) is 0 Å². The fourth-order valence-corrected chi connectivity index (χ4v) is 1.96. The first-order valence-corrected chi connectivity index (χ1v) is 6.05. The summed E-state index contributed by atoms with van der Waals surface area (Å²) in [6.07, 6.45) is -2.33. The van der Waals surface area contributed by atoms with Crippen molar-refractivity contribution in [1.29, 1.82) is 0 Å². The van der Waals surface area contributed by atoms with Gasteiger partial charge in [0.2, 0.25) is 0 Å². The predicted octanol–water partition coefficient (Wildman–Crippen LogP) is 1.70. The van der Waals surface area contributed by atoms with E-state index < -0.39 is 29.6 Å². The summed E-state index contributed by atoms with van der Waals surface area (Å²) in [4.78, 5) is 10.9. The minimum Gasteiger partial charge on any atom is -0.478 e. The number of carbonyl (C=O) groups is 1. The van der Waals surface area contributed by atoms with Crippen LogP contribution >= 0.6 is 15.9 Å². The lowest BCUT2D eigenvalue weighted by Gasteiger charge is -2.19. The summed E-state index contributed by atoms with van der Waals surface area (Å²) in [5.41, 5.74) is -0.723. The summed E-state index contributed by atoms with van der Waals surface area (Å²) >= 11 is 3.09. The second-order valence-corrected chi connectivity index (χ2v) is 4.29. The van der Waals surface area contributed by atoms with Gasteiger partial charge >= 0.3 is 5.97 Å². The number of hydrogen-bond acceptors (Lipinski definition) is 3. The highest BCUT2D eigenvalue weighted by atomic mass is 79.9. The molecule has 2 atom stereocenters. The van der Waals surface area contributed by atoms with Crippen LogP contribution in [0.1, 0.15) is 28.4 Å². The van der Waals surface area contributed by atoms with Gasteiger partial charge in [-0.25, -0.2) is 9.18 Å². The molecule has 1 aromatic rings. The van der Waals surface area contributed by atoms with Gasteiger partial charge in [0.25, 0.3) is 0 Å². The lowest BCUT2D eigenvalue weighted by molar-refractivity contribution is 0.0161. The van der Waals surface area contributed by atoms with Gasteiger partial charge in [-0.2, -0.15) is 0 Å². The quantitative estimate of drug-likeness (QED) is 0.724. The number of benzene rings is 1. The lowest BCUT2D eigenvalue weighted by atomic mass is 9.97. The summed E-state index contributed by atoms with van der Waals surface area (Å²) < 4.78 is 13.3. The molecule has 0 aliphatic rings. The molecule has 1 aromatic carbocycles. The van der Waals surface area contributed by atoms with Crippen molar-refractivity contribution in [2.45, 2.75) is 18.6 Å². The largest absolute Gasteiger partial charge is 0.478 e. The van der Waals surface area contributed by atoms with E-state index in [4.69, 9.17) is 5.11 Å². The van der Waals surface area contributed by atoms with E-state index in [1.165, 1.54) is 12.1 Å². The van der Waals surface area contributed by atoms with E-state index in [1.54, 1.807) is 0 Å². The number of halogens is 2. The van der Waals surface area contributed by atoms with Gasteiger partial charge in [0.1, 0.15) is 17.5 Å². The molecule has 3 N–H and O–H groups in total. The molecule has 6 heteroatoms. The van der Waals surface area contributed by atoms with Crippen LogP contribution in [-0.2, 0) is 0 Å². The minimum atomic E-state index is -1.47. The predicted molar refractivity (Wildman–Crippen MR) is 62.7 cm³/mol. The van der Waals surface area contributed by atoms with Gasteiger partial charge in [0.15, 0.2) is 0 Å². The summed E-state index contributed by atoms with van der Waals surface area (Å²) in [7, 11) is 0. The zero-order valence-electron chi connectivity index (χ0n) is 8.81. The number of carboxylic acids is 1. The fraction of sp³-hybridized carbons (Fsp3) is 0.364. The maximum atomic E-state index is 13.3. The second-order valence-electron chi connectivity index (χ2n) is 3.50. The monoisotopic (exact) mass is 306 g/mol. The molecule has 0 bridgehead atoms. The summed E-state index contributed by atoms with van der Waals surface area (Å²) in [5, 5.41) is 28.7. The summed E-state index contributed by atoms with van der Waals surface area (Å²) in [6, 6.07) is 3.58. The third-order valence-corrected chi connectivity index (χ3v) is 2.81. The molecule has 1 rings (SSSR count). The molecule has 0 saturated heterocycles. The van der Waals surface area contributed by atoms with Crippen molar-refractivity contribution in [2.75, 3.05) is 5.33 Å². The molecule has 0 amide bonds. The van der Waals surface area contributed by atoms with Crippen LogP contribution in [0.4, 0.5) is 4.39 Å². The van der Waals surface area contributed by atoms with Gasteiger partial charge in [-0.3, -0.25) is 0 Å². The summed E-state index contributed by atoms with van der Waals surface area (Å²) in [6.45, 7) is 0. The number of aliphatic hydroxyl groups excluding tert-OH is 2. The van der Waals surface area contributed by atoms with Crippen molar-refractivity contribution in [3.63, 3.8) is 0 Å². The van der Waals surface area contributed by atoms with E-state index in [-0.39, 0.29) is 12.0 Å². The van der Waals surface area contributed by atoms with Gasteiger partial charge in [-0.1, -0.05) is 28.1 Å². The highest BCUT2D eigenvalue weighted by Crippen LogP contribution is 2.25. The van der Waals surface area contributed by atoms with E-state index in [9.17, 15) is 19.4 Å². The molecule has 94 valence electrons. The molecular weight excluding hydrogens is 295 g/mol. The number of aromatic carboxylic acids is 1. The van der Waals surface area contributed by atoms with Gasteiger partial charge < -0.3 is 15.3 Å².